The van der Waals surface area contributed by atoms with Gasteiger partial charge in [-0.05, 0) is 53.3 Å². The maximum atomic E-state index is 3.37. The molecular formula is C10H12IN2+. The van der Waals surface area contributed by atoms with Crippen LogP contribution in [0.1, 0.15) is 12.8 Å². The van der Waals surface area contributed by atoms with Gasteiger partial charge in [0.2, 0.25) is 5.84 Å². The Balaban J connectivity index is 2.05. The third-order valence-corrected chi connectivity index (χ3v) is 2.80. The molecule has 0 unspecified atom stereocenters. The summed E-state index contributed by atoms with van der Waals surface area (Å²) in [6, 6.07) is 8.43. The molecule has 1 aliphatic rings. The number of anilines is 1. The minimum atomic E-state index is 1.10. The minimum absolute atomic E-state index is 1.10. The van der Waals surface area contributed by atoms with Crippen molar-refractivity contribution < 1.29 is 4.99 Å². The van der Waals surface area contributed by atoms with E-state index in [0.29, 0.717) is 0 Å². The number of hydrogen-bond donors (Lipinski definition) is 2. The van der Waals surface area contributed by atoms with Crippen LogP contribution in [0.2, 0.25) is 0 Å². The van der Waals surface area contributed by atoms with Crippen LogP contribution in [-0.4, -0.2) is 12.4 Å². The van der Waals surface area contributed by atoms with Gasteiger partial charge in [0, 0.05) is 3.57 Å². The van der Waals surface area contributed by atoms with E-state index in [1.165, 1.54) is 21.5 Å². The van der Waals surface area contributed by atoms with Gasteiger partial charge in [-0.15, -0.1) is 0 Å². The summed E-state index contributed by atoms with van der Waals surface area (Å²) in [5.74, 6) is 1.25. The van der Waals surface area contributed by atoms with E-state index in [4.69, 9.17) is 0 Å². The molecule has 2 N–H and O–H groups in total. The Morgan fingerprint density at radius 1 is 1.23 bits per heavy atom. The van der Waals surface area contributed by atoms with Gasteiger partial charge in [0.1, 0.15) is 5.69 Å². The van der Waals surface area contributed by atoms with Crippen LogP contribution in [-0.2, 0) is 0 Å². The van der Waals surface area contributed by atoms with Crippen molar-refractivity contribution in [3.8, 4) is 0 Å². The second-order valence-corrected chi connectivity index (χ2v) is 4.39. The fraction of sp³-hybridized carbons (Fsp3) is 0.300. The highest BCUT2D eigenvalue weighted by Gasteiger charge is 2.12. The van der Waals surface area contributed by atoms with E-state index in [-0.39, 0.29) is 0 Å². The molecule has 1 heterocycles. The van der Waals surface area contributed by atoms with Gasteiger partial charge >= 0.3 is 0 Å². The summed E-state index contributed by atoms with van der Waals surface area (Å²) >= 11 is 2.31. The second-order valence-electron chi connectivity index (χ2n) is 3.14. The summed E-state index contributed by atoms with van der Waals surface area (Å²) in [6.07, 6.45) is 2.39. The predicted molar refractivity (Wildman–Crippen MR) is 62.9 cm³/mol. The largest absolute Gasteiger partial charge is 0.278 e. The fourth-order valence-corrected chi connectivity index (χ4v) is 1.77. The van der Waals surface area contributed by atoms with E-state index in [0.717, 1.165) is 13.0 Å². The molecule has 2 nitrogen and oxygen atoms in total. The Bertz CT molecular complexity index is 316. The first-order chi connectivity index (χ1) is 6.34. The molecule has 0 aromatic heterocycles. The molecule has 0 bridgehead atoms. The van der Waals surface area contributed by atoms with Crippen LogP contribution >= 0.6 is 22.6 Å². The molecule has 2 rings (SSSR count). The Hall–Kier alpha value is -0.580. The number of nitrogens with one attached hydrogen (secondary N) is 2. The Morgan fingerprint density at radius 2 is 2.00 bits per heavy atom. The summed E-state index contributed by atoms with van der Waals surface area (Å²) < 4.78 is 1.27. The first-order valence-corrected chi connectivity index (χ1v) is 5.55. The molecule has 0 saturated heterocycles. The highest BCUT2D eigenvalue weighted by atomic mass is 127. The number of benzene rings is 1. The Kier molecular flexibility index (Phi) is 2.83. The topological polar surface area (TPSA) is 26.0 Å². The molecule has 1 aliphatic heterocycles. The van der Waals surface area contributed by atoms with Crippen LogP contribution in [0.3, 0.4) is 0 Å². The Morgan fingerprint density at radius 3 is 2.62 bits per heavy atom. The van der Waals surface area contributed by atoms with Crippen molar-refractivity contribution in [2.24, 2.45) is 0 Å². The van der Waals surface area contributed by atoms with Crippen LogP contribution in [0.5, 0.6) is 0 Å². The molecule has 0 radical (unpaired) electrons. The SMILES string of the molecule is Ic1ccc(NC2=[NH+]CCC2)cc1. The smallest absolute Gasteiger partial charge is 0.247 e. The van der Waals surface area contributed by atoms with Crippen LogP contribution in [0.25, 0.3) is 0 Å². The predicted octanol–water partition coefficient (Wildman–Crippen LogP) is 0.976. The Labute approximate surface area is 91.6 Å². The molecule has 0 fully saturated rings. The highest BCUT2D eigenvalue weighted by molar-refractivity contribution is 14.1. The molecule has 13 heavy (non-hydrogen) atoms. The maximum absolute atomic E-state index is 3.37. The molecule has 1 aromatic rings. The molecule has 0 spiro atoms. The van der Waals surface area contributed by atoms with Crippen LogP contribution in [0.15, 0.2) is 24.3 Å². The van der Waals surface area contributed by atoms with Crippen molar-refractivity contribution in [3.05, 3.63) is 27.8 Å². The maximum Gasteiger partial charge on any atom is 0.247 e. The number of rotatable bonds is 1. The van der Waals surface area contributed by atoms with Crippen molar-refractivity contribution in [1.29, 1.82) is 0 Å². The number of hydrogen-bond acceptors (Lipinski definition) is 1. The van der Waals surface area contributed by atoms with Gasteiger partial charge in [-0.1, -0.05) is 0 Å². The molecular weight excluding hydrogens is 275 g/mol. The van der Waals surface area contributed by atoms with Gasteiger partial charge in [0.15, 0.2) is 0 Å². The fourth-order valence-electron chi connectivity index (χ4n) is 1.41. The van der Waals surface area contributed by atoms with Gasteiger partial charge in [0.05, 0.1) is 13.0 Å². The van der Waals surface area contributed by atoms with Gasteiger partial charge in [-0.25, -0.2) is 5.32 Å². The lowest BCUT2D eigenvalue weighted by molar-refractivity contribution is -0.447. The average Bonchev–Trinajstić information content (AvgIpc) is 2.62. The van der Waals surface area contributed by atoms with E-state index in [2.05, 4.69) is 57.2 Å². The summed E-state index contributed by atoms with van der Waals surface area (Å²) in [5, 5.41) is 3.37. The van der Waals surface area contributed by atoms with Crippen molar-refractivity contribution >= 4 is 34.1 Å². The van der Waals surface area contributed by atoms with Crippen LogP contribution in [0, 0.1) is 3.57 Å². The van der Waals surface area contributed by atoms with E-state index in [1.807, 2.05) is 0 Å². The number of amidine groups is 1. The normalized spacial score (nSPS) is 15.6. The van der Waals surface area contributed by atoms with Crippen molar-refractivity contribution in [2.75, 3.05) is 11.9 Å². The monoisotopic (exact) mass is 287 g/mol. The molecule has 3 heteroatoms. The van der Waals surface area contributed by atoms with E-state index >= 15 is 0 Å². The molecule has 0 saturated carbocycles. The van der Waals surface area contributed by atoms with Crippen LogP contribution in [0.4, 0.5) is 5.69 Å². The lowest BCUT2D eigenvalue weighted by Gasteiger charge is -1.97. The summed E-state index contributed by atoms with van der Waals surface area (Å²) in [6.45, 7) is 1.10. The summed E-state index contributed by atoms with van der Waals surface area (Å²) in [5.41, 5.74) is 1.17. The summed E-state index contributed by atoms with van der Waals surface area (Å²) in [7, 11) is 0. The molecule has 0 amide bonds. The molecule has 68 valence electrons. The zero-order chi connectivity index (χ0) is 9.10. The minimum Gasteiger partial charge on any atom is -0.278 e. The first kappa shape index (κ1) is 8.99. The van der Waals surface area contributed by atoms with Gasteiger partial charge in [0.25, 0.3) is 0 Å². The van der Waals surface area contributed by atoms with Gasteiger partial charge < -0.3 is 0 Å². The van der Waals surface area contributed by atoms with Crippen molar-refractivity contribution in [3.63, 3.8) is 0 Å². The second kappa shape index (κ2) is 4.09. The van der Waals surface area contributed by atoms with E-state index in [9.17, 15) is 0 Å². The third kappa shape index (κ3) is 2.43. The molecule has 1 aromatic carbocycles. The quantitative estimate of drug-likeness (QED) is 0.740. The zero-order valence-electron chi connectivity index (χ0n) is 7.31. The van der Waals surface area contributed by atoms with Gasteiger partial charge in [-0.2, -0.15) is 0 Å². The molecule has 0 atom stereocenters. The highest BCUT2D eigenvalue weighted by Crippen LogP contribution is 2.11. The first-order valence-electron chi connectivity index (χ1n) is 4.47. The third-order valence-electron chi connectivity index (χ3n) is 2.08. The van der Waals surface area contributed by atoms with E-state index in [1.54, 1.807) is 0 Å². The average molecular weight is 287 g/mol. The van der Waals surface area contributed by atoms with Crippen molar-refractivity contribution in [1.82, 2.24) is 0 Å². The summed E-state index contributed by atoms with van der Waals surface area (Å²) in [4.78, 5) is 3.32. The van der Waals surface area contributed by atoms with Crippen LogP contribution < -0.4 is 10.3 Å². The zero-order valence-corrected chi connectivity index (χ0v) is 9.47. The number of halogens is 1. The lowest BCUT2D eigenvalue weighted by Crippen LogP contribution is -2.70. The van der Waals surface area contributed by atoms with E-state index < -0.39 is 0 Å². The molecule has 0 aliphatic carbocycles. The van der Waals surface area contributed by atoms with Crippen molar-refractivity contribution in [2.45, 2.75) is 12.8 Å². The lowest BCUT2D eigenvalue weighted by atomic mass is 10.3. The standard InChI is InChI=1S/C10H11IN2/c11-8-3-5-9(6-4-8)13-10-2-1-7-12-10/h3-6H,1-2,7H2,(H,12,13)/p+1. The van der Waals surface area contributed by atoms with Gasteiger partial charge in [-0.3, -0.25) is 4.99 Å².